The van der Waals surface area contributed by atoms with Gasteiger partial charge in [0, 0.05) is 25.2 Å². The summed E-state index contributed by atoms with van der Waals surface area (Å²) in [7, 11) is 0. The Morgan fingerprint density at radius 1 is 1.16 bits per heavy atom. The largest absolute Gasteiger partial charge is 0.481 e. The van der Waals surface area contributed by atoms with E-state index in [1.165, 1.54) is 12.3 Å². The molecule has 0 spiro atoms. The lowest BCUT2D eigenvalue weighted by atomic mass is 10.0. The van der Waals surface area contributed by atoms with Crippen LogP contribution in [0.5, 0.6) is 5.75 Å². The molecule has 1 aliphatic heterocycles. The van der Waals surface area contributed by atoms with E-state index >= 15 is 0 Å². The van der Waals surface area contributed by atoms with Crippen LogP contribution in [0.1, 0.15) is 56.2 Å². The van der Waals surface area contributed by atoms with E-state index in [0.29, 0.717) is 6.54 Å². The van der Waals surface area contributed by atoms with Gasteiger partial charge in [-0.15, -0.1) is 0 Å². The first kappa shape index (κ1) is 23.4. The van der Waals surface area contributed by atoms with Crippen molar-refractivity contribution < 1.29 is 23.5 Å². The second-order valence-electron chi connectivity index (χ2n) is 8.75. The highest BCUT2D eigenvalue weighted by molar-refractivity contribution is 5.94. The zero-order chi connectivity index (χ0) is 23.1. The number of hydrogen-bond donors (Lipinski definition) is 1. The zero-order valence-electron chi connectivity index (χ0n) is 18.8. The van der Waals surface area contributed by atoms with Gasteiger partial charge >= 0.3 is 6.09 Å². The fourth-order valence-electron chi connectivity index (χ4n) is 3.54. The van der Waals surface area contributed by atoms with E-state index in [2.05, 4.69) is 5.32 Å². The first-order chi connectivity index (χ1) is 15.2. The molecular formula is C24H30N2O6. The molecule has 2 heterocycles. The maximum atomic E-state index is 13.3. The second-order valence-corrected chi connectivity index (χ2v) is 8.75. The number of carbonyl (C=O) groups excluding carboxylic acids is 2. The van der Waals surface area contributed by atoms with Crippen molar-refractivity contribution in [3.63, 3.8) is 0 Å². The van der Waals surface area contributed by atoms with Crippen LogP contribution in [0.4, 0.5) is 4.79 Å². The smallest absolute Gasteiger partial charge is 0.407 e. The summed E-state index contributed by atoms with van der Waals surface area (Å²) >= 11 is 0. The number of piperidine rings is 1. The number of nitrogens with one attached hydrogen (secondary N) is 1. The normalized spacial score (nSPS) is 16.3. The van der Waals surface area contributed by atoms with Crippen LogP contribution in [-0.4, -0.2) is 41.6 Å². The van der Waals surface area contributed by atoms with Crippen LogP contribution in [-0.2, 0) is 11.3 Å². The van der Waals surface area contributed by atoms with Gasteiger partial charge in [-0.25, -0.2) is 4.79 Å². The third-order valence-corrected chi connectivity index (χ3v) is 5.02. The molecule has 0 aliphatic carbocycles. The topological polar surface area (TPSA) is 98.1 Å². The SMILES string of the molecule is CC(C)(C)OC(=O)NC[C@@H]1CCCCN1C(=O)c1occc(=O)c1OCc1ccccc1. The zero-order valence-corrected chi connectivity index (χ0v) is 18.8. The maximum absolute atomic E-state index is 13.3. The number of hydrogen-bond acceptors (Lipinski definition) is 6. The fourth-order valence-corrected chi connectivity index (χ4v) is 3.54. The number of likely N-dealkylation sites (tertiary alicyclic amines) is 1. The summed E-state index contributed by atoms with van der Waals surface area (Å²) in [4.78, 5) is 39.5. The molecule has 1 fully saturated rings. The van der Waals surface area contributed by atoms with Gasteiger partial charge in [0.1, 0.15) is 12.2 Å². The Labute approximate surface area is 187 Å². The Hall–Kier alpha value is -3.29. The average molecular weight is 443 g/mol. The number of carbonyl (C=O) groups is 2. The lowest BCUT2D eigenvalue weighted by molar-refractivity contribution is 0.0449. The van der Waals surface area contributed by atoms with Crippen LogP contribution in [0, 0.1) is 0 Å². The number of rotatable bonds is 6. The average Bonchev–Trinajstić information content (AvgIpc) is 2.76. The quantitative estimate of drug-likeness (QED) is 0.732. The van der Waals surface area contributed by atoms with Crippen molar-refractivity contribution in [2.24, 2.45) is 0 Å². The van der Waals surface area contributed by atoms with Gasteiger partial charge in [0.2, 0.25) is 16.9 Å². The molecule has 3 rings (SSSR count). The monoisotopic (exact) mass is 442 g/mol. The van der Waals surface area contributed by atoms with Crippen LogP contribution < -0.4 is 15.5 Å². The molecule has 2 amide bonds. The minimum absolute atomic E-state index is 0.106. The lowest BCUT2D eigenvalue weighted by Crippen LogP contribution is -2.50. The molecule has 172 valence electrons. The highest BCUT2D eigenvalue weighted by atomic mass is 16.6. The second kappa shape index (κ2) is 10.3. The van der Waals surface area contributed by atoms with Gasteiger partial charge in [0.05, 0.1) is 6.26 Å². The van der Waals surface area contributed by atoms with Gasteiger partial charge in [-0.3, -0.25) is 9.59 Å². The van der Waals surface area contributed by atoms with Crippen molar-refractivity contribution >= 4 is 12.0 Å². The molecule has 8 nitrogen and oxygen atoms in total. The first-order valence-electron chi connectivity index (χ1n) is 10.8. The summed E-state index contributed by atoms with van der Waals surface area (Å²) in [5, 5.41) is 2.74. The van der Waals surface area contributed by atoms with Crippen molar-refractivity contribution in [3.05, 3.63) is 64.2 Å². The molecule has 0 radical (unpaired) electrons. The molecule has 8 heteroatoms. The summed E-state index contributed by atoms with van der Waals surface area (Å²) in [6.45, 7) is 6.25. The summed E-state index contributed by atoms with van der Waals surface area (Å²) in [6, 6.07) is 10.4. The van der Waals surface area contributed by atoms with Crippen LogP contribution in [0.2, 0.25) is 0 Å². The van der Waals surface area contributed by atoms with Crippen LogP contribution in [0.15, 0.2) is 51.9 Å². The molecule has 32 heavy (non-hydrogen) atoms. The highest BCUT2D eigenvalue weighted by Gasteiger charge is 2.32. The Morgan fingerprint density at radius 3 is 2.62 bits per heavy atom. The molecule has 1 saturated heterocycles. The number of amides is 2. The summed E-state index contributed by atoms with van der Waals surface area (Å²) in [5.41, 5.74) is -0.160. The number of ether oxygens (including phenoxy) is 2. The van der Waals surface area contributed by atoms with Crippen molar-refractivity contribution in [2.45, 2.75) is 58.3 Å². The summed E-state index contributed by atoms with van der Waals surface area (Å²) in [5.74, 6) is -0.662. The third kappa shape index (κ3) is 6.35. The first-order valence-corrected chi connectivity index (χ1v) is 10.8. The number of nitrogens with zero attached hydrogens (tertiary/aromatic N) is 1. The van der Waals surface area contributed by atoms with E-state index < -0.39 is 23.0 Å². The molecule has 2 aromatic rings. The maximum Gasteiger partial charge on any atom is 0.407 e. The minimum atomic E-state index is -0.607. The number of alkyl carbamates (subject to hydrolysis) is 1. The Bertz CT molecular complexity index is 980. The van der Waals surface area contributed by atoms with Crippen LogP contribution in [0.25, 0.3) is 0 Å². The summed E-state index contributed by atoms with van der Waals surface area (Å²) in [6.07, 6.45) is 3.14. The van der Waals surface area contributed by atoms with E-state index in [-0.39, 0.29) is 30.7 Å². The molecule has 1 atom stereocenters. The van der Waals surface area contributed by atoms with E-state index in [1.807, 2.05) is 30.3 Å². The molecule has 1 aromatic carbocycles. The van der Waals surface area contributed by atoms with Gasteiger partial charge in [-0.2, -0.15) is 0 Å². The van der Waals surface area contributed by atoms with Gasteiger partial charge in [0.15, 0.2) is 0 Å². The van der Waals surface area contributed by atoms with Crippen molar-refractivity contribution in [1.29, 1.82) is 0 Å². The highest BCUT2D eigenvalue weighted by Crippen LogP contribution is 2.23. The van der Waals surface area contributed by atoms with E-state index in [1.54, 1.807) is 25.7 Å². The molecule has 1 aromatic heterocycles. The van der Waals surface area contributed by atoms with E-state index in [4.69, 9.17) is 13.9 Å². The van der Waals surface area contributed by atoms with Gasteiger partial charge in [-0.1, -0.05) is 30.3 Å². The fraction of sp³-hybridized carbons (Fsp3) is 0.458. The van der Waals surface area contributed by atoms with Gasteiger partial charge in [-0.05, 0) is 45.6 Å². The Morgan fingerprint density at radius 2 is 1.91 bits per heavy atom. The summed E-state index contributed by atoms with van der Waals surface area (Å²) < 4.78 is 16.4. The number of benzene rings is 1. The van der Waals surface area contributed by atoms with Crippen LogP contribution in [0.3, 0.4) is 0 Å². The molecule has 1 aliphatic rings. The Balaban J connectivity index is 1.73. The minimum Gasteiger partial charge on any atom is -0.481 e. The molecular weight excluding hydrogens is 412 g/mol. The van der Waals surface area contributed by atoms with Crippen molar-refractivity contribution in [1.82, 2.24) is 10.2 Å². The van der Waals surface area contributed by atoms with Crippen molar-refractivity contribution in [3.8, 4) is 5.75 Å². The standard InChI is InChI=1S/C24H30N2O6/c1-24(2,3)32-23(29)25-15-18-11-7-8-13-26(18)22(28)21-20(19(27)12-14-30-21)31-16-17-9-5-4-6-10-17/h4-6,9-10,12,14,18H,7-8,11,13,15-16H2,1-3H3,(H,25,29)/t18-/m0/s1. The molecule has 0 saturated carbocycles. The van der Waals surface area contributed by atoms with E-state index in [9.17, 15) is 14.4 Å². The predicted octanol–water partition coefficient (Wildman–Crippen LogP) is 3.74. The third-order valence-electron chi connectivity index (χ3n) is 5.02. The molecule has 1 N–H and O–H groups in total. The molecule has 0 bridgehead atoms. The Kier molecular flexibility index (Phi) is 7.56. The van der Waals surface area contributed by atoms with Gasteiger partial charge < -0.3 is 24.1 Å². The van der Waals surface area contributed by atoms with Gasteiger partial charge in [0.25, 0.3) is 5.91 Å². The van der Waals surface area contributed by atoms with E-state index in [0.717, 1.165) is 24.8 Å². The predicted molar refractivity (Wildman–Crippen MR) is 119 cm³/mol. The lowest BCUT2D eigenvalue weighted by Gasteiger charge is -2.35. The van der Waals surface area contributed by atoms with Crippen molar-refractivity contribution in [2.75, 3.05) is 13.1 Å². The van der Waals surface area contributed by atoms with Crippen LogP contribution >= 0.6 is 0 Å². The molecule has 0 unspecified atom stereocenters.